The van der Waals surface area contributed by atoms with Gasteiger partial charge in [0.25, 0.3) is 17.7 Å². The maximum atomic E-state index is 13.8. The third-order valence-electron chi connectivity index (χ3n) is 8.06. The highest BCUT2D eigenvalue weighted by Crippen LogP contribution is 2.34. The Bertz CT molecular complexity index is 1730. The first-order valence-electron chi connectivity index (χ1n) is 13.8. The molecule has 1 unspecified atom stereocenters. The standard InChI is InChI=1S/C30H29F3N6O3S/c1-36(2)21-6-9-37(15-21)28(41)18-11-19(30(31,32)33)13-20(12-18)35-27(40)23-17-43-25-16-38(10-7-22(23)25)29(42)24-14-34-26-5-3-4-8-39(24)26/h3-5,8,11-14,17,21H,6-7,9-10,15-16H2,1-2H3,(H,35,40). The molecular weight excluding hydrogens is 581 g/mol. The molecule has 2 aliphatic rings. The van der Waals surface area contributed by atoms with Gasteiger partial charge in [-0.05, 0) is 62.8 Å². The molecule has 1 saturated heterocycles. The van der Waals surface area contributed by atoms with Gasteiger partial charge in [-0.1, -0.05) is 6.07 Å². The fourth-order valence-electron chi connectivity index (χ4n) is 5.66. The molecule has 5 heterocycles. The lowest BCUT2D eigenvalue weighted by Crippen LogP contribution is -2.36. The van der Waals surface area contributed by atoms with Gasteiger partial charge in [-0.2, -0.15) is 13.2 Å². The summed E-state index contributed by atoms with van der Waals surface area (Å²) >= 11 is 1.33. The minimum atomic E-state index is -4.70. The largest absolute Gasteiger partial charge is 0.416 e. The molecule has 224 valence electrons. The average Bonchev–Trinajstić information content (AvgIpc) is 3.74. The van der Waals surface area contributed by atoms with Crippen LogP contribution >= 0.6 is 11.3 Å². The molecular formula is C30H29F3N6O3S. The number of halogens is 3. The number of nitrogens with one attached hydrogen (secondary N) is 1. The van der Waals surface area contributed by atoms with Crippen LogP contribution in [0.15, 0.2) is 54.2 Å². The van der Waals surface area contributed by atoms with Crippen molar-refractivity contribution in [2.24, 2.45) is 0 Å². The van der Waals surface area contributed by atoms with E-state index < -0.39 is 23.6 Å². The van der Waals surface area contributed by atoms with Gasteiger partial charge in [0.05, 0.1) is 23.9 Å². The molecule has 9 nitrogen and oxygen atoms in total. The van der Waals surface area contributed by atoms with E-state index in [4.69, 9.17) is 0 Å². The van der Waals surface area contributed by atoms with E-state index in [2.05, 4.69) is 10.3 Å². The van der Waals surface area contributed by atoms with Crippen LogP contribution in [0.4, 0.5) is 18.9 Å². The Balaban J connectivity index is 1.20. The summed E-state index contributed by atoms with van der Waals surface area (Å²) < 4.78 is 43.1. The Morgan fingerprint density at radius 3 is 2.63 bits per heavy atom. The first-order chi connectivity index (χ1) is 20.5. The van der Waals surface area contributed by atoms with Gasteiger partial charge in [0.1, 0.15) is 11.3 Å². The number of pyridine rings is 1. The molecule has 4 aromatic rings. The van der Waals surface area contributed by atoms with Crippen LogP contribution in [0.25, 0.3) is 5.65 Å². The maximum absolute atomic E-state index is 13.8. The van der Waals surface area contributed by atoms with Gasteiger partial charge in [-0.15, -0.1) is 11.3 Å². The van der Waals surface area contributed by atoms with Crippen molar-refractivity contribution in [1.29, 1.82) is 0 Å². The van der Waals surface area contributed by atoms with Crippen molar-refractivity contribution in [3.63, 3.8) is 0 Å². The number of carbonyl (C=O) groups is 3. The number of hydrogen-bond donors (Lipinski definition) is 1. The highest BCUT2D eigenvalue weighted by Gasteiger charge is 2.34. The number of alkyl halides is 3. The molecule has 13 heteroatoms. The number of aromatic nitrogens is 2. The van der Waals surface area contributed by atoms with Crippen molar-refractivity contribution in [2.45, 2.75) is 31.6 Å². The second-order valence-electron chi connectivity index (χ2n) is 11.0. The minimum absolute atomic E-state index is 0.105. The van der Waals surface area contributed by atoms with Crippen LogP contribution < -0.4 is 5.32 Å². The number of benzene rings is 1. The summed E-state index contributed by atoms with van der Waals surface area (Å²) in [6, 6.07) is 8.58. The Morgan fingerprint density at radius 2 is 1.88 bits per heavy atom. The number of carbonyl (C=O) groups excluding carboxylic acids is 3. The first-order valence-corrected chi connectivity index (χ1v) is 14.7. The molecule has 2 aliphatic heterocycles. The molecule has 0 spiro atoms. The van der Waals surface area contributed by atoms with Crippen molar-refractivity contribution in [2.75, 3.05) is 39.0 Å². The molecule has 1 fully saturated rings. The van der Waals surface area contributed by atoms with Gasteiger partial charge in [0, 0.05) is 53.4 Å². The summed E-state index contributed by atoms with van der Waals surface area (Å²) in [6.07, 6.45) is -0.244. The summed E-state index contributed by atoms with van der Waals surface area (Å²) in [4.78, 5) is 50.1. The number of likely N-dealkylation sites (tertiary alicyclic amines) is 1. The Hall–Kier alpha value is -4.23. The summed E-state index contributed by atoms with van der Waals surface area (Å²) in [7, 11) is 3.80. The lowest BCUT2D eigenvalue weighted by atomic mass is 10.0. The fourth-order valence-corrected chi connectivity index (χ4v) is 6.75. The van der Waals surface area contributed by atoms with E-state index in [1.807, 2.05) is 37.2 Å². The number of hydrogen-bond acceptors (Lipinski definition) is 6. The van der Waals surface area contributed by atoms with E-state index in [0.29, 0.717) is 49.5 Å². The van der Waals surface area contributed by atoms with Gasteiger partial charge in [-0.25, -0.2) is 4.98 Å². The first kappa shape index (κ1) is 28.9. The number of thiophene rings is 1. The summed E-state index contributed by atoms with van der Waals surface area (Å²) in [6.45, 7) is 1.53. The Labute approximate surface area is 249 Å². The van der Waals surface area contributed by atoms with Crippen LogP contribution in [-0.4, -0.2) is 81.6 Å². The molecule has 1 aromatic carbocycles. The van der Waals surface area contributed by atoms with E-state index in [1.54, 1.807) is 32.0 Å². The summed E-state index contributed by atoms with van der Waals surface area (Å²) in [5.41, 5.74) is 0.974. The topological polar surface area (TPSA) is 90.3 Å². The normalized spacial score (nSPS) is 17.0. The van der Waals surface area contributed by atoms with Crippen molar-refractivity contribution in [1.82, 2.24) is 24.1 Å². The van der Waals surface area contributed by atoms with E-state index in [9.17, 15) is 27.6 Å². The van der Waals surface area contributed by atoms with Crippen LogP contribution in [0.2, 0.25) is 0 Å². The number of nitrogens with zero attached hydrogens (tertiary/aromatic N) is 5. The van der Waals surface area contributed by atoms with Crippen LogP contribution in [0.5, 0.6) is 0 Å². The molecule has 1 N–H and O–H groups in total. The zero-order chi connectivity index (χ0) is 30.5. The third kappa shape index (κ3) is 5.62. The van der Waals surface area contributed by atoms with Crippen molar-refractivity contribution in [3.8, 4) is 0 Å². The van der Waals surface area contributed by atoms with Gasteiger partial charge in [0.2, 0.25) is 0 Å². The van der Waals surface area contributed by atoms with E-state index in [-0.39, 0.29) is 23.2 Å². The predicted molar refractivity (Wildman–Crippen MR) is 155 cm³/mol. The van der Waals surface area contributed by atoms with Crippen molar-refractivity contribution < 1.29 is 27.6 Å². The van der Waals surface area contributed by atoms with Crippen LogP contribution in [0.3, 0.4) is 0 Å². The average molecular weight is 611 g/mol. The summed E-state index contributed by atoms with van der Waals surface area (Å²) in [5.74, 6) is -1.25. The van der Waals surface area contributed by atoms with Crippen LogP contribution in [0, 0.1) is 0 Å². The number of amides is 3. The SMILES string of the molecule is CN(C)C1CCN(C(=O)c2cc(NC(=O)c3csc4c3CCN(C(=O)c3cnc5ccccn35)C4)cc(C(F)(F)F)c2)C1. The molecule has 0 radical (unpaired) electrons. The molecule has 0 bridgehead atoms. The van der Waals surface area contributed by atoms with Crippen LogP contribution in [-0.2, 0) is 19.1 Å². The molecule has 3 aromatic heterocycles. The second-order valence-corrected chi connectivity index (χ2v) is 12.0. The number of imidazole rings is 1. The van der Waals surface area contributed by atoms with Gasteiger partial charge < -0.3 is 20.0 Å². The number of anilines is 1. The van der Waals surface area contributed by atoms with E-state index in [0.717, 1.165) is 29.0 Å². The van der Waals surface area contributed by atoms with Crippen molar-refractivity contribution in [3.05, 3.63) is 87.0 Å². The zero-order valence-electron chi connectivity index (χ0n) is 23.5. The van der Waals surface area contributed by atoms with Crippen molar-refractivity contribution >= 4 is 40.4 Å². The maximum Gasteiger partial charge on any atom is 0.416 e. The smallest absolute Gasteiger partial charge is 0.337 e. The number of fused-ring (bicyclic) bond motifs is 2. The van der Waals surface area contributed by atoms with Crippen LogP contribution in [0.1, 0.15) is 53.6 Å². The third-order valence-corrected chi connectivity index (χ3v) is 9.07. The molecule has 43 heavy (non-hydrogen) atoms. The molecule has 3 amide bonds. The molecule has 0 aliphatic carbocycles. The highest BCUT2D eigenvalue weighted by molar-refractivity contribution is 7.10. The second kappa shape index (κ2) is 11.1. The Kier molecular flexibility index (Phi) is 7.46. The predicted octanol–water partition coefficient (Wildman–Crippen LogP) is 4.64. The quantitative estimate of drug-likeness (QED) is 0.356. The van der Waals surface area contributed by atoms with E-state index >= 15 is 0 Å². The summed E-state index contributed by atoms with van der Waals surface area (Å²) in [5, 5.41) is 4.25. The lowest BCUT2D eigenvalue weighted by Gasteiger charge is -2.27. The molecule has 6 rings (SSSR count). The monoisotopic (exact) mass is 610 g/mol. The molecule has 0 saturated carbocycles. The minimum Gasteiger partial charge on any atom is -0.337 e. The highest BCUT2D eigenvalue weighted by atomic mass is 32.1. The Morgan fingerprint density at radius 1 is 1.07 bits per heavy atom. The van der Waals surface area contributed by atoms with Gasteiger partial charge >= 0.3 is 6.18 Å². The lowest BCUT2D eigenvalue weighted by molar-refractivity contribution is -0.137. The van der Waals surface area contributed by atoms with Gasteiger partial charge in [0.15, 0.2) is 0 Å². The molecule has 1 atom stereocenters. The number of likely N-dealkylation sites (N-methyl/N-ethyl adjacent to an activating group) is 1. The fraction of sp³-hybridized carbons (Fsp3) is 0.333. The zero-order valence-corrected chi connectivity index (χ0v) is 24.3. The van der Waals surface area contributed by atoms with E-state index in [1.165, 1.54) is 17.4 Å². The van der Waals surface area contributed by atoms with Gasteiger partial charge in [-0.3, -0.25) is 18.8 Å². The number of rotatable bonds is 5.